The van der Waals surface area contributed by atoms with E-state index in [1.165, 1.54) is 23.8 Å². The van der Waals surface area contributed by atoms with E-state index in [1.807, 2.05) is 12.1 Å². The molecule has 0 aliphatic carbocycles. The number of benzene rings is 2. The second-order valence-electron chi connectivity index (χ2n) is 9.90. The number of aliphatic hydroxyl groups excluding tert-OH is 4. The van der Waals surface area contributed by atoms with E-state index in [-0.39, 0.29) is 29.8 Å². The molecule has 196 valence electrons. The van der Waals surface area contributed by atoms with Crippen molar-refractivity contribution in [2.75, 3.05) is 26.9 Å². The third kappa shape index (κ3) is 4.50. The van der Waals surface area contributed by atoms with Crippen LogP contribution in [-0.2, 0) is 14.2 Å². The van der Waals surface area contributed by atoms with Gasteiger partial charge in [0.1, 0.15) is 24.4 Å². The molecule has 0 radical (unpaired) electrons. The molecule has 0 aromatic heterocycles. The van der Waals surface area contributed by atoms with Gasteiger partial charge in [0.25, 0.3) is 0 Å². The van der Waals surface area contributed by atoms with E-state index in [4.69, 9.17) is 23.7 Å². The Morgan fingerprint density at radius 1 is 0.806 bits per heavy atom. The maximum Gasteiger partial charge on any atom is 0.229 e. The molecule has 0 spiro atoms. The maximum absolute atomic E-state index is 10.3. The van der Waals surface area contributed by atoms with Crippen LogP contribution in [0.2, 0.25) is 0 Å². The van der Waals surface area contributed by atoms with Crippen molar-refractivity contribution in [3.63, 3.8) is 0 Å². The van der Waals surface area contributed by atoms with Crippen molar-refractivity contribution in [3.8, 4) is 11.5 Å². The molecule has 9 heteroatoms. The Morgan fingerprint density at radius 2 is 1.44 bits per heavy atom. The summed E-state index contributed by atoms with van der Waals surface area (Å²) in [5.41, 5.74) is 4.60. The van der Waals surface area contributed by atoms with Crippen LogP contribution in [0, 0.1) is 25.7 Å². The minimum Gasteiger partial charge on any atom is -0.493 e. The van der Waals surface area contributed by atoms with Crippen molar-refractivity contribution in [3.05, 3.63) is 58.7 Å². The first-order valence-corrected chi connectivity index (χ1v) is 12.3. The van der Waals surface area contributed by atoms with Crippen molar-refractivity contribution in [2.24, 2.45) is 11.8 Å². The fourth-order valence-corrected chi connectivity index (χ4v) is 5.42. The highest BCUT2D eigenvalue weighted by molar-refractivity contribution is 5.44. The number of hydrogen-bond donors (Lipinski definition) is 4. The summed E-state index contributed by atoms with van der Waals surface area (Å²) in [4.78, 5) is 0. The van der Waals surface area contributed by atoms with Crippen molar-refractivity contribution in [2.45, 2.75) is 56.8 Å². The number of ether oxygens (including phenoxy) is 5. The van der Waals surface area contributed by atoms with Gasteiger partial charge < -0.3 is 44.1 Å². The van der Waals surface area contributed by atoms with Crippen LogP contribution in [0.25, 0.3) is 0 Å². The summed E-state index contributed by atoms with van der Waals surface area (Å²) in [5.74, 6) is 1.13. The van der Waals surface area contributed by atoms with Gasteiger partial charge in [-0.2, -0.15) is 0 Å². The van der Waals surface area contributed by atoms with Gasteiger partial charge in [0.05, 0.1) is 39.1 Å². The van der Waals surface area contributed by atoms with Gasteiger partial charge in [0, 0.05) is 11.8 Å². The number of rotatable bonds is 6. The molecule has 3 saturated heterocycles. The molecule has 9 atom stereocenters. The van der Waals surface area contributed by atoms with Crippen LogP contribution in [0.15, 0.2) is 36.4 Å². The summed E-state index contributed by atoms with van der Waals surface area (Å²) < 4.78 is 29.3. The summed E-state index contributed by atoms with van der Waals surface area (Å²) in [6, 6.07) is 11.9. The molecule has 2 aromatic rings. The van der Waals surface area contributed by atoms with Crippen LogP contribution < -0.4 is 9.47 Å². The van der Waals surface area contributed by atoms with Gasteiger partial charge >= 0.3 is 0 Å². The molecule has 9 nitrogen and oxygen atoms in total. The first-order valence-electron chi connectivity index (χ1n) is 12.3. The highest BCUT2D eigenvalue weighted by Crippen LogP contribution is 2.51. The SMILES string of the molecule is COc1cc([C@H]2OCC3C2CO[C@H]3c2ccc(C)c(C)c2)ccc1OC1OC(CO)C(O)C(O)C1O. The molecule has 3 heterocycles. The minimum atomic E-state index is -1.53. The molecule has 3 aliphatic rings. The van der Waals surface area contributed by atoms with E-state index >= 15 is 0 Å². The predicted octanol–water partition coefficient (Wildman–Crippen LogP) is 1.57. The summed E-state index contributed by atoms with van der Waals surface area (Å²) >= 11 is 0. The van der Waals surface area contributed by atoms with Crippen LogP contribution in [0.4, 0.5) is 0 Å². The normalized spacial score (nSPS) is 36.0. The van der Waals surface area contributed by atoms with Crippen LogP contribution in [0.1, 0.15) is 34.5 Å². The first kappa shape index (κ1) is 25.4. The van der Waals surface area contributed by atoms with Gasteiger partial charge in [-0.3, -0.25) is 0 Å². The van der Waals surface area contributed by atoms with Gasteiger partial charge in [-0.05, 0) is 48.2 Å². The van der Waals surface area contributed by atoms with E-state index in [0.29, 0.717) is 19.0 Å². The number of fused-ring (bicyclic) bond motifs is 1. The number of aliphatic hydroxyl groups is 4. The highest BCUT2D eigenvalue weighted by atomic mass is 16.7. The Kier molecular flexibility index (Phi) is 7.24. The fourth-order valence-electron chi connectivity index (χ4n) is 5.42. The number of aryl methyl sites for hydroxylation is 2. The van der Waals surface area contributed by atoms with Crippen LogP contribution in [-0.4, -0.2) is 78.1 Å². The Labute approximate surface area is 210 Å². The Bertz CT molecular complexity index is 1070. The quantitative estimate of drug-likeness (QED) is 0.465. The molecule has 0 amide bonds. The lowest BCUT2D eigenvalue weighted by molar-refractivity contribution is -0.277. The molecule has 3 fully saturated rings. The largest absolute Gasteiger partial charge is 0.493 e. The third-order valence-corrected chi connectivity index (χ3v) is 7.73. The Balaban J connectivity index is 1.32. The molecular formula is C27H34O9. The number of methoxy groups -OCH3 is 1. The Morgan fingerprint density at radius 3 is 2.06 bits per heavy atom. The fraction of sp³-hybridized carbons (Fsp3) is 0.556. The van der Waals surface area contributed by atoms with Crippen LogP contribution in [0.3, 0.4) is 0 Å². The summed E-state index contributed by atoms with van der Waals surface area (Å²) in [6.07, 6.45) is -7.02. The molecule has 5 rings (SSSR count). The van der Waals surface area contributed by atoms with E-state index in [0.717, 1.165) is 5.56 Å². The van der Waals surface area contributed by atoms with Gasteiger partial charge in [-0.25, -0.2) is 0 Å². The average molecular weight is 503 g/mol. The molecule has 3 aliphatic heterocycles. The van der Waals surface area contributed by atoms with E-state index < -0.39 is 37.3 Å². The van der Waals surface area contributed by atoms with E-state index in [1.54, 1.807) is 6.07 Å². The van der Waals surface area contributed by atoms with E-state index in [2.05, 4.69) is 32.0 Å². The van der Waals surface area contributed by atoms with Crippen LogP contribution >= 0.6 is 0 Å². The topological polar surface area (TPSA) is 127 Å². The highest BCUT2D eigenvalue weighted by Gasteiger charge is 2.48. The standard InChI is InChI=1S/C27H34O9/c1-13-4-5-15(8-14(13)2)25-17-11-34-26(18(17)12-33-25)16-6-7-19(20(9-16)32-3)35-27-24(31)23(30)22(29)21(10-28)36-27/h4-9,17-18,21-31H,10-12H2,1-3H3/t17?,18?,21?,22?,23?,24?,25-,26+,27?/m0/s1. The zero-order valence-electron chi connectivity index (χ0n) is 20.6. The van der Waals surface area contributed by atoms with Crippen molar-refractivity contribution in [1.82, 2.24) is 0 Å². The van der Waals surface area contributed by atoms with Gasteiger partial charge in [0.2, 0.25) is 6.29 Å². The molecule has 0 saturated carbocycles. The van der Waals surface area contributed by atoms with Gasteiger partial charge in [-0.15, -0.1) is 0 Å². The van der Waals surface area contributed by atoms with Gasteiger partial charge in [-0.1, -0.05) is 24.3 Å². The van der Waals surface area contributed by atoms with Crippen molar-refractivity contribution in [1.29, 1.82) is 0 Å². The molecule has 36 heavy (non-hydrogen) atoms. The van der Waals surface area contributed by atoms with Crippen LogP contribution in [0.5, 0.6) is 11.5 Å². The lowest BCUT2D eigenvalue weighted by atomic mass is 9.84. The Hall–Kier alpha value is -2.24. The van der Waals surface area contributed by atoms with Crippen molar-refractivity contribution >= 4 is 0 Å². The lowest BCUT2D eigenvalue weighted by Crippen LogP contribution is -2.60. The molecule has 0 bridgehead atoms. The summed E-state index contributed by atoms with van der Waals surface area (Å²) in [7, 11) is 1.51. The monoisotopic (exact) mass is 502 g/mol. The zero-order valence-corrected chi connectivity index (χ0v) is 20.6. The molecule has 2 aromatic carbocycles. The van der Waals surface area contributed by atoms with E-state index in [9.17, 15) is 20.4 Å². The first-order chi connectivity index (χ1) is 17.3. The predicted molar refractivity (Wildman–Crippen MR) is 128 cm³/mol. The third-order valence-electron chi connectivity index (χ3n) is 7.73. The smallest absolute Gasteiger partial charge is 0.229 e. The molecule has 4 N–H and O–H groups in total. The lowest BCUT2D eigenvalue weighted by Gasteiger charge is -2.39. The van der Waals surface area contributed by atoms with Crippen molar-refractivity contribution < 1.29 is 44.1 Å². The summed E-state index contributed by atoms with van der Waals surface area (Å²) in [6.45, 7) is 4.87. The zero-order chi connectivity index (χ0) is 25.6. The number of hydrogen-bond acceptors (Lipinski definition) is 9. The average Bonchev–Trinajstić information content (AvgIpc) is 3.49. The second-order valence-corrected chi connectivity index (χ2v) is 9.90. The second kappa shape index (κ2) is 10.3. The maximum atomic E-state index is 10.3. The molecule has 7 unspecified atom stereocenters. The summed E-state index contributed by atoms with van der Waals surface area (Å²) in [5, 5.41) is 39.8. The minimum absolute atomic E-state index is 0.00464. The van der Waals surface area contributed by atoms with Gasteiger partial charge in [0.15, 0.2) is 11.5 Å². The molecular weight excluding hydrogens is 468 g/mol.